The van der Waals surface area contributed by atoms with Crippen molar-refractivity contribution >= 4 is 27.5 Å². The molecule has 2 aromatic carbocycles. The second kappa shape index (κ2) is 14.0. The Morgan fingerprint density at radius 3 is 2.85 bits per heavy atom. The van der Waals surface area contributed by atoms with Gasteiger partial charge in [0.25, 0.3) is 5.91 Å². The lowest BCUT2D eigenvalue weighted by atomic mass is 9.68. The molecule has 3 aromatic rings. The summed E-state index contributed by atoms with van der Waals surface area (Å²) in [6.45, 7) is 7.80. The van der Waals surface area contributed by atoms with Crippen molar-refractivity contribution in [1.29, 1.82) is 0 Å². The number of amides is 3. The SMILES string of the molecule is CO[C@H]1/C=C/C[C@H](C)CS(=O)(NC(=O)N2CCn3cccc3C2)=NC(=O)c2ccc3c(c2)N(C[C@@H]2CC[C@H]21)C[C@@]1(CCCc2cc(C)ccc21)CO3. The van der Waals surface area contributed by atoms with Gasteiger partial charge in [-0.25, -0.2) is 9.00 Å². The predicted octanol–water partition coefficient (Wildman–Crippen LogP) is 6.66. The molecule has 3 aliphatic heterocycles. The molecule has 2 bridgehead atoms. The predicted molar refractivity (Wildman–Crippen MR) is 203 cm³/mol. The molecule has 1 unspecified atom stereocenters. The van der Waals surface area contributed by atoms with E-state index in [1.54, 1.807) is 18.1 Å². The first-order valence-electron chi connectivity index (χ1n) is 18.9. The zero-order chi connectivity index (χ0) is 36.0. The fourth-order valence-corrected chi connectivity index (χ4v) is 11.1. The number of aromatic nitrogens is 1. The van der Waals surface area contributed by atoms with Crippen LogP contribution in [0.2, 0.25) is 0 Å². The number of benzene rings is 2. The van der Waals surface area contributed by atoms with Crippen LogP contribution in [0.15, 0.2) is 71.2 Å². The van der Waals surface area contributed by atoms with Crippen molar-refractivity contribution < 1.29 is 23.3 Å². The van der Waals surface area contributed by atoms with E-state index in [0.29, 0.717) is 50.1 Å². The molecule has 2 aliphatic carbocycles. The minimum Gasteiger partial charge on any atom is -0.490 e. The number of methoxy groups -OCH3 is 1. The number of anilines is 1. The molecule has 5 aliphatic rings. The van der Waals surface area contributed by atoms with Gasteiger partial charge in [-0.05, 0) is 105 Å². The van der Waals surface area contributed by atoms with Crippen molar-refractivity contribution in [2.24, 2.45) is 22.1 Å². The molecule has 0 radical (unpaired) electrons. The number of ether oxygens (including phenoxy) is 2. The van der Waals surface area contributed by atoms with E-state index in [9.17, 15) is 13.8 Å². The van der Waals surface area contributed by atoms with Crippen molar-refractivity contribution in [1.82, 2.24) is 14.2 Å². The minimum atomic E-state index is -3.49. The molecular formula is C41H51N5O5S. The van der Waals surface area contributed by atoms with Gasteiger partial charge >= 0.3 is 6.03 Å². The molecule has 6 atom stereocenters. The monoisotopic (exact) mass is 725 g/mol. The fourth-order valence-electron chi connectivity index (χ4n) is 9.22. The number of hydrogen-bond donors (Lipinski definition) is 1. The molecule has 52 heavy (non-hydrogen) atoms. The Kier molecular flexibility index (Phi) is 9.44. The highest BCUT2D eigenvalue weighted by Crippen LogP contribution is 2.47. The Morgan fingerprint density at radius 1 is 1.13 bits per heavy atom. The molecule has 0 saturated heterocycles. The van der Waals surface area contributed by atoms with Crippen LogP contribution in [-0.2, 0) is 39.6 Å². The van der Waals surface area contributed by atoms with Gasteiger partial charge in [-0.3, -0.25) is 9.52 Å². The second-order valence-corrected chi connectivity index (χ2v) is 17.8. The number of allylic oxidation sites excluding steroid dienone is 1. The number of carbonyl (C=O) groups is 2. The van der Waals surface area contributed by atoms with E-state index in [1.807, 2.05) is 37.4 Å². The average molecular weight is 726 g/mol. The maximum Gasteiger partial charge on any atom is 0.330 e. The first-order valence-corrected chi connectivity index (χ1v) is 20.6. The molecule has 1 spiro atoms. The van der Waals surface area contributed by atoms with Gasteiger partial charge in [0.05, 0.1) is 30.7 Å². The van der Waals surface area contributed by atoms with E-state index in [4.69, 9.17) is 9.47 Å². The van der Waals surface area contributed by atoms with Gasteiger partial charge in [-0.15, -0.1) is 4.36 Å². The quantitative estimate of drug-likeness (QED) is 0.297. The van der Waals surface area contributed by atoms with Crippen molar-refractivity contribution in [3.63, 3.8) is 0 Å². The Bertz CT molecular complexity index is 2020. The maximum absolute atomic E-state index is 14.7. The molecule has 1 saturated carbocycles. The summed E-state index contributed by atoms with van der Waals surface area (Å²) in [6.07, 6.45) is 12.2. The van der Waals surface area contributed by atoms with Gasteiger partial charge in [0.1, 0.15) is 15.7 Å². The Hall–Kier alpha value is -4.09. The van der Waals surface area contributed by atoms with E-state index in [-0.39, 0.29) is 23.2 Å². The lowest BCUT2D eigenvalue weighted by Gasteiger charge is -2.46. The Morgan fingerprint density at radius 2 is 2.02 bits per heavy atom. The molecule has 10 nitrogen and oxygen atoms in total. The number of fused-ring (bicyclic) bond motifs is 5. The molecule has 1 N–H and O–H groups in total. The third-order valence-electron chi connectivity index (χ3n) is 12.1. The van der Waals surface area contributed by atoms with Gasteiger partial charge in [-0.2, -0.15) is 0 Å². The van der Waals surface area contributed by atoms with Gasteiger partial charge in [-0.1, -0.05) is 42.8 Å². The van der Waals surface area contributed by atoms with E-state index in [2.05, 4.69) is 55.8 Å². The summed E-state index contributed by atoms with van der Waals surface area (Å²) in [5.74, 6) is 0.850. The molecule has 3 amide bonds. The highest BCUT2D eigenvalue weighted by Gasteiger charge is 2.44. The van der Waals surface area contributed by atoms with E-state index in [1.165, 1.54) is 16.7 Å². The second-order valence-electron chi connectivity index (χ2n) is 15.8. The number of carbonyl (C=O) groups excluding carboxylic acids is 2. The molecule has 8 rings (SSSR count). The summed E-state index contributed by atoms with van der Waals surface area (Å²) in [5, 5.41) is 0. The van der Waals surface area contributed by atoms with Crippen molar-refractivity contribution in [2.75, 3.05) is 44.0 Å². The number of hydrogen-bond acceptors (Lipinski definition) is 6. The van der Waals surface area contributed by atoms with Crippen molar-refractivity contribution in [3.05, 3.63) is 94.8 Å². The topological polar surface area (TPSA) is 105 Å². The van der Waals surface area contributed by atoms with Crippen molar-refractivity contribution in [3.8, 4) is 5.75 Å². The van der Waals surface area contributed by atoms with Crippen LogP contribution in [0, 0.1) is 24.7 Å². The summed E-state index contributed by atoms with van der Waals surface area (Å²) in [4.78, 5) is 31.8. The first-order chi connectivity index (χ1) is 25.1. The average Bonchev–Trinajstić information content (AvgIpc) is 3.53. The van der Waals surface area contributed by atoms with E-state index in [0.717, 1.165) is 62.3 Å². The number of nitrogens with zero attached hydrogens (tertiary/aromatic N) is 4. The zero-order valence-corrected chi connectivity index (χ0v) is 31.4. The van der Waals surface area contributed by atoms with Crippen LogP contribution in [0.5, 0.6) is 5.75 Å². The smallest absolute Gasteiger partial charge is 0.330 e. The van der Waals surface area contributed by atoms with E-state index < -0.39 is 21.9 Å². The number of rotatable bonds is 2. The van der Waals surface area contributed by atoms with Crippen LogP contribution in [0.25, 0.3) is 0 Å². The van der Waals surface area contributed by atoms with Crippen LogP contribution in [-0.4, -0.2) is 70.8 Å². The van der Waals surface area contributed by atoms with Crippen LogP contribution in [0.3, 0.4) is 0 Å². The fraction of sp³-hybridized carbons (Fsp3) is 0.512. The normalized spacial score (nSPS) is 30.8. The van der Waals surface area contributed by atoms with Gasteiger partial charge in [0.15, 0.2) is 0 Å². The highest BCUT2D eigenvalue weighted by atomic mass is 32.2. The van der Waals surface area contributed by atoms with Crippen molar-refractivity contribution in [2.45, 2.75) is 77.0 Å². The van der Waals surface area contributed by atoms with Crippen LogP contribution in [0.1, 0.15) is 71.8 Å². The van der Waals surface area contributed by atoms with Crippen LogP contribution >= 0.6 is 0 Å². The van der Waals surface area contributed by atoms with Gasteiger partial charge < -0.3 is 23.8 Å². The molecule has 11 heteroatoms. The molecule has 1 fully saturated rings. The minimum absolute atomic E-state index is 0.0337. The Labute approximate surface area is 307 Å². The number of aryl methyl sites for hydroxylation is 2. The zero-order valence-electron chi connectivity index (χ0n) is 30.6. The standard InChI is InChI=1S/C41H51N5O5S/c1-28-11-15-35-30(21-28)8-5-17-41(35)26-46-23-32-12-14-34(32)37(50-3)10-4-7-29(2)25-52(49,42-39(47)31-13-16-38(51-27-41)36(46)22-31)43-40(48)45-20-19-44-18-6-9-33(44)24-45/h4,6,9-11,13,15-16,18,21-22,29,32,34,37H,5,7-8,12,14,17,19-20,23-27H2,1-3H3,(H,42,43,47,48,49)/b10-4+/t29-,32-,34+,37-,41-,52?/m0/s1. The largest absolute Gasteiger partial charge is 0.490 e. The van der Waals surface area contributed by atoms with Gasteiger partial charge in [0, 0.05) is 56.2 Å². The van der Waals surface area contributed by atoms with Gasteiger partial charge in [0.2, 0.25) is 0 Å². The molecule has 4 heterocycles. The lowest BCUT2D eigenvalue weighted by molar-refractivity contribution is 0.0131. The molecular weight excluding hydrogens is 675 g/mol. The summed E-state index contributed by atoms with van der Waals surface area (Å²) >= 11 is 0. The van der Waals surface area contributed by atoms with E-state index >= 15 is 0 Å². The summed E-state index contributed by atoms with van der Waals surface area (Å²) in [6, 6.07) is 15.8. The molecule has 1 aromatic heterocycles. The highest BCUT2D eigenvalue weighted by molar-refractivity contribution is 7.92. The van der Waals surface area contributed by atoms with Crippen LogP contribution < -0.4 is 14.4 Å². The summed E-state index contributed by atoms with van der Waals surface area (Å²) in [5.41, 5.74) is 6.05. The summed E-state index contributed by atoms with van der Waals surface area (Å²) < 4.78 is 36.7. The molecule has 276 valence electrons. The third kappa shape index (κ3) is 6.77. The number of nitrogens with one attached hydrogen (secondary N) is 1. The first kappa shape index (κ1) is 35.0. The lowest BCUT2D eigenvalue weighted by Crippen LogP contribution is -2.49. The van der Waals surface area contributed by atoms with Crippen LogP contribution in [0.4, 0.5) is 10.5 Å². The Balaban J connectivity index is 1.17. The summed E-state index contributed by atoms with van der Waals surface area (Å²) in [7, 11) is -1.70. The third-order valence-corrected chi connectivity index (χ3v) is 14.1. The maximum atomic E-state index is 14.7. The number of urea groups is 1.